The van der Waals surface area contributed by atoms with Crippen LogP contribution in [0, 0.1) is 5.41 Å². The highest BCUT2D eigenvalue weighted by atomic mass is 16.3. The molecule has 2 nitrogen and oxygen atoms in total. The van der Waals surface area contributed by atoms with Gasteiger partial charge in [0, 0.05) is 12.6 Å². The van der Waals surface area contributed by atoms with Crippen molar-refractivity contribution in [3.63, 3.8) is 0 Å². The molecule has 0 saturated heterocycles. The summed E-state index contributed by atoms with van der Waals surface area (Å²) >= 11 is 0. The number of benzene rings is 1. The van der Waals surface area contributed by atoms with Crippen LogP contribution in [0.5, 0.6) is 0 Å². The fourth-order valence-electron chi connectivity index (χ4n) is 2.82. The van der Waals surface area contributed by atoms with E-state index >= 15 is 0 Å². The van der Waals surface area contributed by atoms with E-state index in [9.17, 15) is 5.11 Å². The molecule has 19 heavy (non-hydrogen) atoms. The third-order valence-electron chi connectivity index (χ3n) is 4.24. The van der Waals surface area contributed by atoms with Gasteiger partial charge in [0.15, 0.2) is 0 Å². The minimum absolute atomic E-state index is 0.0703. The maximum absolute atomic E-state index is 9.23. The zero-order chi connectivity index (χ0) is 13.7. The fraction of sp³-hybridized carbons (Fsp3) is 0.647. The van der Waals surface area contributed by atoms with E-state index in [1.54, 1.807) is 0 Å². The predicted octanol–water partition coefficient (Wildman–Crippen LogP) is 2.93. The van der Waals surface area contributed by atoms with Gasteiger partial charge < -0.3 is 10.4 Å². The van der Waals surface area contributed by atoms with Gasteiger partial charge in [0.1, 0.15) is 0 Å². The molecular formula is C17H27NO. The smallest absolute Gasteiger partial charge is 0.0482 e. The second-order valence-corrected chi connectivity index (χ2v) is 6.59. The largest absolute Gasteiger partial charge is 0.396 e. The molecule has 1 aliphatic carbocycles. The Morgan fingerprint density at radius 2 is 2.00 bits per heavy atom. The molecule has 0 fully saturated rings. The van der Waals surface area contributed by atoms with Gasteiger partial charge in [-0.2, -0.15) is 0 Å². The van der Waals surface area contributed by atoms with E-state index in [-0.39, 0.29) is 12.0 Å². The molecule has 106 valence electrons. The Bertz CT molecular complexity index is 400. The molecule has 2 rings (SSSR count). The lowest BCUT2D eigenvalue weighted by molar-refractivity contribution is 0.147. The number of hydrogen-bond acceptors (Lipinski definition) is 2. The number of aliphatic hydroxyl groups excluding tert-OH is 1. The van der Waals surface area contributed by atoms with Crippen molar-refractivity contribution in [1.29, 1.82) is 0 Å². The first-order valence-electron chi connectivity index (χ1n) is 7.52. The standard InChI is InChI=1S/C17H27NO/c1-17(2,13-19)10-5-11-18-16-9-8-14-6-3-4-7-15(14)12-16/h3-4,6-7,16,18-19H,5,8-13H2,1-2H3. The van der Waals surface area contributed by atoms with Crippen LogP contribution >= 0.6 is 0 Å². The van der Waals surface area contributed by atoms with E-state index in [1.807, 2.05) is 0 Å². The topological polar surface area (TPSA) is 32.3 Å². The number of aryl methyl sites for hydroxylation is 1. The summed E-state index contributed by atoms with van der Waals surface area (Å²) in [6.45, 7) is 5.60. The summed E-state index contributed by atoms with van der Waals surface area (Å²) in [5.41, 5.74) is 3.12. The molecule has 1 unspecified atom stereocenters. The van der Waals surface area contributed by atoms with Gasteiger partial charge in [0.05, 0.1) is 0 Å². The third kappa shape index (κ3) is 4.32. The average molecular weight is 261 g/mol. The number of rotatable bonds is 6. The number of nitrogens with one attached hydrogen (secondary N) is 1. The first kappa shape index (κ1) is 14.5. The SMILES string of the molecule is CC(C)(CO)CCCNC1CCc2ccccc2C1. The van der Waals surface area contributed by atoms with E-state index in [0.29, 0.717) is 6.04 Å². The molecule has 2 N–H and O–H groups in total. The molecule has 0 amide bonds. The van der Waals surface area contributed by atoms with Gasteiger partial charge in [0.25, 0.3) is 0 Å². The van der Waals surface area contributed by atoms with Crippen LogP contribution in [0.3, 0.4) is 0 Å². The van der Waals surface area contributed by atoms with Gasteiger partial charge in [0.2, 0.25) is 0 Å². The molecule has 2 heteroatoms. The van der Waals surface area contributed by atoms with Gasteiger partial charge in [-0.15, -0.1) is 0 Å². The fourth-order valence-corrected chi connectivity index (χ4v) is 2.82. The van der Waals surface area contributed by atoms with Crippen molar-refractivity contribution in [3.05, 3.63) is 35.4 Å². The van der Waals surface area contributed by atoms with Crippen LogP contribution in [0.4, 0.5) is 0 Å². The zero-order valence-electron chi connectivity index (χ0n) is 12.3. The first-order chi connectivity index (χ1) is 9.11. The van der Waals surface area contributed by atoms with Crippen LogP contribution in [0.2, 0.25) is 0 Å². The van der Waals surface area contributed by atoms with Crippen molar-refractivity contribution in [2.45, 2.75) is 52.0 Å². The highest BCUT2D eigenvalue weighted by Crippen LogP contribution is 2.22. The lowest BCUT2D eigenvalue weighted by Gasteiger charge is -2.26. The highest BCUT2D eigenvalue weighted by Gasteiger charge is 2.18. The van der Waals surface area contributed by atoms with Crippen LogP contribution < -0.4 is 5.32 Å². The summed E-state index contributed by atoms with van der Waals surface area (Å²) in [6, 6.07) is 9.44. The number of aliphatic hydroxyl groups is 1. The lowest BCUT2D eigenvalue weighted by atomic mass is 9.87. The summed E-state index contributed by atoms with van der Waals surface area (Å²) in [5, 5.41) is 12.9. The molecule has 1 aromatic carbocycles. The van der Waals surface area contributed by atoms with E-state index in [0.717, 1.165) is 19.4 Å². The quantitative estimate of drug-likeness (QED) is 0.772. The van der Waals surface area contributed by atoms with Crippen LogP contribution in [0.25, 0.3) is 0 Å². The van der Waals surface area contributed by atoms with Crippen molar-refractivity contribution in [1.82, 2.24) is 5.32 Å². The van der Waals surface area contributed by atoms with Crippen molar-refractivity contribution in [2.75, 3.05) is 13.2 Å². The molecule has 0 heterocycles. The zero-order valence-corrected chi connectivity index (χ0v) is 12.3. The minimum Gasteiger partial charge on any atom is -0.396 e. The van der Waals surface area contributed by atoms with Crippen LogP contribution in [0.1, 0.15) is 44.2 Å². The van der Waals surface area contributed by atoms with Gasteiger partial charge in [-0.05, 0) is 55.2 Å². The molecule has 0 aliphatic heterocycles. The second-order valence-electron chi connectivity index (χ2n) is 6.59. The summed E-state index contributed by atoms with van der Waals surface area (Å²) in [7, 11) is 0. The molecule has 0 spiro atoms. The van der Waals surface area contributed by atoms with E-state index < -0.39 is 0 Å². The normalized spacial score (nSPS) is 19.2. The Kier molecular flexibility index (Phi) is 5.00. The average Bonchev–Trinajstić information content (AvgIpc) is 2.43. The molecule has 0 saturated carbocycles. The summed E-state index contributed by atoms with van der Waals surface area (Å²) < 4.78 is 0. The predicted molar refractivity (Wildman–Crippen MR) is 80.4 cm³/mol. The van der Waals surface area contributed by atoms with Crippen molar-refractivity contribution in [3.8, 4) is 0 Å². The van der Waals surface area contributed by atoms with E-state index in [4.69, 9.17) is 0 Å². The van der Waals surface area contributed by atoms with Crippen molar-refractivity contribution < 1.29 is 5.11 Å². The first-order valence-corrected chi connectivity index (χ1v) is 7.52. The Balaban J connectivity index is 1.71. The Morgan fingerprint density at radius 3 is 2.74 bits per heavy atom. The monoisotopic (exact) mass is 261 g/mol. The number of hydrogen-bond donors (Lipinski definition) is 2. The van der Waals surface area contributed by atoms with Crippen molar-refractivity contribution in [2.24, 2.45) is 5.41 Å². The maximum Gasteiger partial charge on any atom is 0.0482 e. The van der Waals surface area contributed by atoms with Crippen LogP contribution in [-0.4, -0.2) is 24.3 Å². The highest BCUT2D eigenvalue weighted by molar-refractivity contribution is 5.30. The van der Waals surface area contributed by atoms with Gasteiger partial charge in [-0.3, -0.25) is 0 Å². The maximum atomic E-state index is 9.23. The van der Waals surface area contributed by atoms with E-state index in [1.165, 1.54) is 30.4 Å². The van der Waals surface area contributed by atoms with Crippen LogP contribution in [0.15, 0.2) is 24.3 Å². The van der Waals surface area contributed by atoms with Crippen LogP contribution in [-0.2, 0) is 12.8 Å². The van der Waals surface area contributed by atoms with Crippen molar-refractivity contribution >= 4 is 0 Å². The molecule has 0 bridgehead atoms. The molecule has 0 aromatic heterocycles. The number of fused-ring (bicyclic) bond motifs is 1. The molecular weight excluding hydrogens is 234 g/mol. The molecule has 1 aromatic rings. The Labute approximate surface area is 117 Å². The molecule has 0 radical (unpaired) electrons. The third-order valence-corrected chi connectivity index (χ3v) is 4.24. The van der Waals surface area contributed by atoms with Gasteiger partial charge in [-0.1, -0.05) is 38.1 Å². The lowest BCUT2D eigenvalue weighted by Crippen LogP contribution is -2.35. The second kappa shape index (κ2) is 6.53. The van der Waals surface area contributed by atoms with E-state index in [2.05, 4.69) is 43.4 Å². The minimum atomic E-state index is 0.0703. The Morgan fingerprint density at radius 1 is 1.26 bits per heavy atom. The van der Waals surface area contributed by atoms with Gasteiger partial charge in [-0.25, -0.2) is 0 Å². The molecule has 1 aliphatic rings. The van der Waals surface area contributed by atoms with Gasteiger partial charge >= 0.3 is 0 Å². The summed E-state index contributed by atoms with van der Waals surface area (Å²) in [6.07, 6.45) is 5.85. The Hall–Kier alpha value is -0.860. The molecule has 1 atom stereocenters. The summed E-state index contributed by atoms with van der Waals surface area (Å²) in [5.74, 6) is 0. The summed E-state index contributed by atoms with van der Waals surface area (Å²) in [4.78, 5) is 0.